The Kier molecular flexibility index (Phi) is 6.90. The molecular formula is C21H27N3O2S. The molecule has 2 aromatic carbocycles. The van der Waals surface area contributed by atoms with Crippen LogP contribution in [0.15, 0.2) is 48.5 Å². The normalized spacial score (nSPS) is 15.2. The summed E-state index contributed by atoms with van der Waals surface area (Å²) in [7, 11) is 3.35. The average Bonchev–Trinajstić information content (AvgIpc) is 3.24. The predicted molar refractivity (Wildman–Crippen MR) is 114 cm³/mol. The molecule has 0 radical (unpaired) electrons. The standard InChI is InChI=1S/C21H27N3O2S/c1-25-18-9-5-16(6-10-18)20(24-13-3-4-14-24)15-22-21(27)23-17-7-11-19(26-2)12-8-17/h5-12,20H,3-4,13-15H2,1-2H3,(H2,22,23,27)/t20-/m1/s1. The van der Waals surface area contributed by atoms with Gasteiger partial charge in [0.15, 0.2) is 5.11 Å². The number of ether oxygens (including phenoxy) is 2. The Labute approximate surface area is 166 Å². The highest BCUT2D eigenvalue weighted by molar-refractivity contribution is 7.80. The smallest absolute Gasteiger partial charge is 0.170 e. The van der Waals surface area contributed by atoms with Crippen LogP contribution in [0.3, 0.4) is 0 Å². The number of likely N-dealkylation sites (tertiary alicyclic amines) is 1. The second kappa shape index (κ2) is 9.58. The quantitative estimate of drug-likeness (QED) is 0.707. The molecule has 0 aliphatic carbocycles. The van der Waals surface area contributed by atoms with Gasteiger partial charge in [-0.25, -0.2) is 0 Å². The fourth-order valence-corrected chi connectivity index (χ4v) is 3.58. The molecule has 3 rings (SSSR count). The van der Waals surface area contributed by atoms with Gasteiger partial charge in [0, 0.05) is 12.2 Å². The summed E-state index contributed by atoms with van der Waals surface area (Å²) in [5.74, 6) is 1.71. The second-order valence-corrected chi connectivity index (χ2v) is 7.00. The molecule has 1 aliphatic heterocycles. The number of nitrogens with one attached hydrogen (secondary N) is 2. The average molecular weight is 386 g/mol. The topological polar surface area (TPSA) is 45.8 Å². The van der Waals surface area contributed by atoms with Gasteiger partial charge in [0.25, 0.3) is 0 Å². The Bertz CT molecular complexity index is 728. The lowest BCUT2D eigenvalue weighted by molar-refractivity contribution is 0.246. The van der Waals surface area contributed by atoms with E-state index in [2.05, 4.69) is 27.7 Å². The predicted octanol–water partition coefficient (Wildman–Crippen LogP) is 3.83. The van der Waals surface area contributed by atoms with E-state index in [0.29, 0.717) is 5.11 Å². The van der Waals surface area contributed by atoms with Crippen molar-refractivity contribution in [3.8, 4) is 11.5 Å². The summed E-state index contributed by atoms with van der Waals surface area (Å²) >= 11 is 5.49. The van der Waals surface area contributed by atoms with Crippen LogP contribution in [0.5, 0.6) is 11.5 Å². The molecule has 0 amide bonds. The first kappa shape index (κ1) is 19.5. The Morgan fingerprint density at radius 1 is 0.963 bits per heavy atom. The zero-order chi connectivity index (χ0) is 19.1. The number of nitrogens with zero attached hydrogens (tertiary/aromatic N) is 1. The van der Waals surface area contributed by atoms with Gasteiger partial charge in [0.05, 0.1) is 20.3 Å². The summed E-state index contributed by atoms with van der Waals surface area (Å²) < 4.78 is 10.5. The van der Waals surface area contributed by atoms with Crippen LogP contribution in [0.4, 0.5) is 5.69 Å². The van der Waals surface area contributed by atoms with Crippen LogP contribution in [0.2, 0.25) is 0 Å². The summed E-state index contributed by atoms with van der Waals surface area (Å²) in [4.78, 5) is 2.52. The molecule has 1 aliphatic rings. The van der Waals surface area contributed by atoms with Crippen LogP contribution in [0.1, 0.15) is 24.4 Å². The molecule has 5 nitrogen and oxygen atoms in total. The highest BCUT2D eigenvalue weighted by Gasteiger charge is 2.23. The molecule has 27 heavy (non-hydrogen) atoms. The van der Waals surface area contributed by atoms with Crippen molar-refractivity contribution in [2.45, 2.75) is 18.9 Å². The minimum absolute atomic E-state index is 0.286. The zero-order valence-electron chi connectivity index (χ0n) is 15.9. The summed E-state index contributed by atoms with van der Waals surface area (Å²) in [5, 5.41) is 7.24. The molecule has 1 fully saturated rings. The number of benzene rings is 2. The summed E-state index contributed by atoms with van der Waals surface area (Å²) in [6.07, 6.45) is 2.50. The van der Waals surface area contributed by atoms with Crippen LogP contribution >= 0.6 is 12.2 Å². The monoisotopic (exact) mass is 385 g/mol. The van der Waals surface area contributed by atoms with Crippen LogP contribution < -0.4 is 20.1 Å². The van der Waals surface area contributed by atoms with E-state index < -0.39 is 0 Å². The zero-order valence-corrected chi connectivity index (χ0v) is 16.7. The van der Waals surface area contributed by atoms with Gasteiger partial charge in [-0.3, -0.25) is 4.90 Å². The number of anilines is 1. The molecule has 1 atom stereocenters. The molecule has 6 heteroatoms. The molecule has 144 valence electrons. The van der Waals surface area contributed by atoms with Crippen molar-refractivity contribution in [1.82, 2.24) is 10.2 Å². The van der Waals surface area contributed by atoms with Crippen LogP contribution in [-0.2, 0) is 0 Å². The van der Waals surface area contributed by atoms with E-state index in [1.807, 2.05) is 36.4 Å². The van der Waals surface area contributed by atoms with Crippen LogP contribution in [0, 0.1) is 0 Å². The third kappa shape index (κ3) is 5.34. The van der Waals surface area contributed by atoms with E-state index in [1.54, 1.807) is 14.2 Å². The summed E-state index contributed by atoms with van der Waals surface area (Å²) in [6, 6.07) is 16.3. The maximum Gasteiger partial charge on any atom is 0.170 e. The minimum Gasteiger partial charge on any atom is -0.497 e. The van der Waals surface area contributed by atoms with Crippen molar-refractivity contribution in [3.05, 3.63) is 54.1 Å². The van der Waals surface area contributed by atoms with E-state index in [0.717, 1.165) is 36.8 Å². The van der Waals surface area contributed by atoms with E-state index >= 15 is 0 Å². The second-order valence-electron chi connectivity index (χ2n) is 6.60. The number of rotatable bonds is 7. The van der Waals surface area contributed by atoms with Crippen molar-refractivity contribution in [2.24, 2.45) is 0 Å². The molecule has 1 saturated heterocycles. The van der Waals surface area contributed by atoms with Gasteiger partial charge in [-0.15, -0.1) is 0 Å². The first-order chi connectivity index (χ1) is 13.2. The Hall–Kier alpha value is -2.31. The largest absolute Gasteiger partial charge is 0.497 e. The van der Waals surface area contributed by atoms with Crippen molar-refractivity contribution in [1.29, 1.82) is 0 Å². The maximum atomic E-state index is 5.49. The third-order valence-corrected chi connectivity index (χ3v) is 5.13. The Balaban J connectivity index is 1.61. The molecule has 1 heterocycles. The number of thiocarbonyl (C=S) groups is 1. The van der Waals surface area contributed by atoms with Crippen molar-refractivity contribution in [3.63, 3.8) is 0 Å². The highest BCUT2D eigenvalue weighted by Crippen LogP contribution is 2.26. The summed E-state index contributed by atoms with van der Waals surface area (Å²) in [5.41, 5.74) is 2.22. The van der Waals surface area contributed by atoms with Gasteiger partial charge in [-0.05, 0) is 80.1 Å². The highest BCUT2D eigenvalue weighted by atomic mass is 32.1. The van der Waals surface area contributed by atoms with E-state index in [-0.39, 0.29) is 6.04 Å². The van der Waals surface area contributed by atoms with Gasteiger partial charge in [-0.2, -0.15) is 0 Å². The number of hydrogen-bond acceptors (Lipinski definition) is 4. The first-order valence-corrected chi connectivity index (χ1v) is 9.67. The first-order valence-electron chi connectivity index (χ1n) is 9.26. The van der Waals surface area contributed by atoms with Crippen molar-refractivity contribution >= 4 is 23.0 Å². The van der Waals surface area contributed by atoms with Gasteiger partial charge < -0.3 is 20.1 Å². The molecule has 2 aromatic rings. The Morgan fingerprint density at radius 2 is 1.52 bits per heavy atom. The fourth-order valence-electron chi connectivity index (χ4n) is 3.38. The molecule has 0 spiro atoms. The maximum absolute atomic E-state index is 5.49. The SMILES string of the molecule is COc1ccc(NC(=S)NC[C@H](c2ccc(OC)cc2)N2CCCC2)cc1. The molecular weight excluding hydrogens is 358 g/mol. The van der Waals surface area contributed by atoms with Gasteiger partial charge in [-0.1, -0.05) is 12.1 Å². The van der Waals surface area contributed by atoms with Crippen molar-refractivity contribution in [2.75, 3.05) is 39.2 Å². The summed E-state index contributed by atoms with van der Waals surface area (Å²) in [6.45, 7) is 3.00. The molecule has 2 N–H and O–H groups in total. The van der Waals surface area contributed by atoms with E-state index in [4.69, 9.17) is 21.7 Å². The Morgan fingerprint density at radius 3 is 2.07 bits per heavy atom. The van der Waals surface area contributed by atoms with Crippen LogP contribution in [-0.4, -0.2) is 43.9 Å². The lowest BCUT2D eigenvalue weighted by Gasteiger charge is -2.29. The number of methoxy groups -OCH3 is 2. The fraction of sp³-hybridized carbons (Fsp3) is 0.381. The number of hydrogen-bond donors (Lipinski definition) is 2. The van der Waals surface area contributed by atoms with Crippen LogP contribution in [0.25, 0.3) is 0 Å². The molecule has 0 unspecified atom stereocenters. The van der Waals surface area contributed by atoms with E-state index in [1.165, 1.54) is 18.4 Å². The lowest BCUT2D eigenvalue weighted by atomic mass is 10.1. The third-order valence-electron chi connectivity index (χ3n) is 4.89. The lowest BCUT2D eigenvalue weighted by Crippen LogP contribution is -2.38. The van der Waals surface area contributed by atoms with E-state index in [9.17, 15) is 0 Å². The van der Waals surface area contributed by atoms with Gasteiger partial charge >= 0.3 is 0 Å². The minimum atomic E-state index is 0.286. The van der Waals surface area contributed by atoms with Gasteiger partial charge in [0.1, 0.15) is 11.5 Å². The molecule has 0 bridgehead atoms. The molecule has 0 aromatic heterocycles. The van der Waals surface area contributed by atoms with Crippen molar-refractivity contribution < 1.29 is 9.47 Å². The molecule has 0 saturated carbocycles. The van der Waals surface area contributed by atoms with Gasteiger partial charge in [0.2, 0.25) is 0 Å².